The average molecular weight is 96.2 g/mol. The molecule has 0 amide bonds. The van der Waals surface area contributed by atoms with Crippen LogP contribution in [0.25, 0.3) is 0 Å². The minimum Gasteiger partial charge on any atom is -0.0622 e. The van der Waals surface area contributed by atoms with Crippen molar-refractivity contribution in [3.05, 3.63) is 0 Å². The summed E-state index contributed by atoms with van der Waals surface area (Å²) in [7, 11) is 0. The average Bonchev–Trinajstić information content (AvgIpc) is 2.33. The van der Waals surface area contributed by atoms with E-state index in [0.29, 0.717) is 0 Å². The molecule has 2 rings (SSSR count). The van der Waals surface area contributed by atoms with E-state index >= 15 is 0 Å². The molecule has 0 aromatic rings. The van der Waals surface area contributed by atoms with Gasteiger partial charge in [-0.3, -0.25) is 0 Å². The van der Waals surface area contributed by atoms with Gasteiger partial charge in [0.1, 0.15) is 0 Å². The van der Waals surface area contributed by atoms with Crippen molar-refractivity contribution in [3.63, 3.8) is 0 Å². The highest BCUT2D eigenvalue weighted by Gasteiger charge is 2.45. The van der Waals surface area contributed by atoms with E-state index in [-0.39, 0.29) is 0 Å². The molecule has 0 N–H and O–H groups in total. The summed E-state index contributed by atoms with van der Waals surface area (Å²) in [4.78, 5) is 0. The van der Waals surface area contributed by atoms with Gasteiger partial charge in [0, 0.05) is 0 Å². The largest absolute Gasteiger partial charge is 0.0622 e. The Labute approximate surface area is 44.9 Å². The molecule has 0 saturated heterocycles. The van der Waals surface area contributed by atoms with Crippen molar-refractivity contribution < 1.29 is 0 Å². The summed E-state index contributed by atoms with van der Waals surface area (Å²) >= 11 is 0. The molecule has 2 aliphatic rings. The monoisotopic (exact) mass is 96.1 g/mol. The Morgan fingerprint density at radius 3 is 2.29 bits per heavy atom. The first-order valence-electron chi connectivity index (χ1n) is 3.38. The summed E-state index contributed by atoms with van der Waals surface area (Å²) in [6, 6.07) is 0. The number of rotatable bonds is 0. The molecule has 7 heavy (non-hydrogen) atoms. The van der Waals surface area contributed by atoms with Crippen LogP contribution in [-0.2, 0) is 0 Å². The van der Waals surface area contributed by atoms with Crippen LogP contribution in [-0.4, -0.2) is 0 Å². The first-order chi connectivity index (χ1) is 3.38. The van der Waals surface area contributed by atoms with Gasteiger partial charge >= 0.3 is 0 Å². The van der Waals surface area contributed by atoms with Gasteiger partial charge in [-0.05, 0) is 30.6 Å². The molecular weight excluding hydrogens is 84.1 g/mol. The third-order valence-electron chi connectivity index (χ3n) is 2.70. The third-order valence-corrected chi connectivity index (χ3v) is 2.70. The third kappa shape index (κ3) is 0.427. The molecule has 3 atom stereocenters. The first kappa shape index (κ1) is 3.94. The fourth-order valence-electron chi connectivity index (χ4n) is 1.99. The summed E-state index contributed by atoms with van der Waals surface area (Å²) in [6.07, 6.45) is 4.64. The molecule has 0 heterocycles. The molecule has 0 unspecified atom stereocenters. The molecule has 40 valence electrons. The van der Waals surface area contributed by atoms with Gasteiger partial charge in [0.15, 0.2) is 0 Å². The minimum atomic E-state index is 1.09. The van der Waals surface area contributed by atoms with Gasteiger partial charge < -0.3 is 0 Å². The molecule has 0 aliphatic heterocycles. The second-order valence-electron chi connectivity index (χ2n) is 3.21. The molecule has 2 aliphatic carbocycles. The van der Waals surface area contributed by atoms with E-state index in [1.807, 2.05) is 0 Å². The number of fused-ring (bicyclic) bond motifs is 1. The molecule has 0 nitrogen and oxygen atoms in total. The zero-order valence-corrected chi connectivity index (χ0v) is 4.85. The summed E-state index contributed by atoms with van der Waals surface area (Å²) < 4.78 is 0. The first-order valence-corrected chi connectivity index (χ1v) is 3.38. The standard InChI is InChI=1S/C7H12/c1-5-2-3-6-4-7(5)6/h5-7H,2-4H2,1H3/t5-,6+,7-/m1/s1. The van der Waals surface area contributed by atoms with E-state index < -0.39 is 0 Å². The molecule has 0 aromatic heterocycles. The zero-order valence-electron chi connectivity index (χ0n) is 4.85. The second-order valence-corrected chi connectivity index (χ2v) is 3.21. The molecule has 0 spiro atoms. The van der Waals surface area contributed by atoms with E-state index in [1.165, 1.54) is 18.3 Å². The van der Waals surface area contributed by atoms with E-state index in [1.54, 1.807) is 12.8 Å². The van der Waals surface area contributed by atoms with Gasteiger partial charge in [0.05, 0.1) is 0 Å². The lowest BCUT2D eigenvalue weighted by molar-refractivity contribution is 0.530. The minimum absolute atomic E-state index is 1.09. The van der Waals surface area contributed by atoms with E-state index in [9.17, 15) is 0 Å². The van der Waals surface area contributed by atoms with Gasteiger partial charge in [-0.1, -0.05) is 13.3 Å². The summed E-state index contributed by atoms with van der Waals surface area (Å²) in [6.45, 7) is 2.40. The second kappa shape index (κ2) is 1.04. The van der Waals surface area contributed by atoms with Crippen molar-refractivity contribution in [1.29, 1.82) is 0 Å². The predicted molar refractivity (Wildman–Crippen MR) is 30.0 cm³/mol. The molecule has 2 saturated carbocycles. The molecule has 0 heteroatoms. The molecule has 0 radical (unpaired) electrons. The van der Waals surface area contributed by atoms with Crippen LogP contribution in [0, 0.1) is 17.8 Å². The van der Waals surface area contributed by atoms with Crippen LogP contribution in [0.1, 0.15) is 26.2 Å². The molecule has 2 fully saturated rings. The van der Waals surface area contributed by atoms with Crippen LogP contribution in [0.15, 0.2) is 0 Å². The van der Waals surface area contributed by atoms with Crippen molar-refractivity contribution in [2.24, 2.45) is 17.8 Å². The SMILES string of the molecule is C[C@@H]1CC[C@H]2C[C@@H]21. The van der Waals surface area contributed by atoms with Crippen LogP contribution in [0.5, 0.6) is 0 Å². The Bertz CT molecular complexity index is 86.0. The van der Waals surface area contributed by atoms with Crippen molar-refractivity contribution in [2.45, 2.75) is 26.2 Å². The van der Waals surface area contributed by atoms with Gasteiger partial charge in [-0.25, -0.2) is 0 Å². The van der Waals surface area contributed by atoms with Gasteiger partial charge in [-0.15, -0.1) is 0 Å². The van der Waals surface area contributed by atoms with Crippen molar-refractivity contribution in [1.82, 2.24) is 0 Å². The summed E-state index contributed by atoms with van der Waals surface area (Å²) in [5.41, 5.74) is 0. The fraction of sp³-hybridized carbons (Fsp3) is 1.00. The van der Waals surface area contributed by atoms with Gasteiger partial charge in [0.2, 0.25) is 0 Å². The highest BCUT2D eigenvalue weighted by molar-refractivity contribution is 4.95. The maximum atomic E-state index is 2.40. The Morgan fingerprint density at radius 2 is 2.14 bits per heavy atom. The van der Waals surface area contributed by atoms with Crippen molar-refractivity contribution >= 4 is 0 Å². The van der Waals surface area contributed by atoms with Crippen LogP contribution in [0.3, 0.4) is 0 Å². The van der Waals surface area contributed by atoms with Crippen LogP contribution >= 0.6 is 0 Å². The van der Waals surface area contributed by atoms with E-state index in [4.69, 9.17) is 0 Å². The van der Waals surface area contributed by atoms with Gasteiger partial charge in [0.25, 0.3) is 0 Å². The Hall–Kier alpha value is 0. The van der Waals surface area contributed by atoms with Crippen LogP contribution in [0.4, 0.5) is 0 Å². The number of hydrogen-bond donors (Lipinski definition) is 0. The quantitative estimate of drug-likeness (QED) is 0.433. The Kier molecular flexibility index (Phi) is 0.586. The molecular formula is C7H12. The van der Waals surface area contributed by atoms with Crippen molar-refractivity contribution in [3.8, 4) is 0 Å². The van der Waals surface area contributed by atoms with E-state index in [0.717, 1.165) is 5.92 Å². The fourth-order valence-corrected chi connectivity index (χ4v) is 1.99. The lowest BCUT2D eigenvalue weighted by Gasteiger charge is -1.98. The Balaban J connectivity index is 2.08. The summed E-state index contributed by atoms with van der Waals surface area (Å²) in [5, 5.41) is 0. The molecule has 0 bridgehead atoms. The van der Waals surface area contributed by atoms with Crippen LogP contribution < -0.4 is 0 Å². The maximum Gasteiger partial charge on any atom is -0.0357 e. The van der Waals surface area contributed by atoms with E-state index in [2.05, 4.69) is 6.92 Å². The highest BCUT2D eigenvalue weighted by atomic mass is 14.5. The highest BCUT2D eigenvalue weighted by Crippen LogP contribution is 2.54. The molecule has 0 aromatic carbocycles. The van der Waals surface area contributed by atoms with Gasteiger partial charge in [-0.2, -0.15) is 0 Å². The topological polar surface area (TPSA) is 0 Å². The maximum absolute atomic E-state index is 2.40. The van der Waals surface area contributed by atoms with Crippen molar-refractivity contribution in [2.75, 3.05) is 0 Å². The normalized spacial score (nSPS) is 57.0. The Morgan fingerprint density at radius 1 is 1.29 bits per heavy atom. The zero-order chi connectivity index (χ0) is 4.85. The smallest absolute Gasteiger partial charge is 0.0357 e. The van der Waals surface area contributed by atoms with Crippen LogP contribution in [0.2, 0.25) is 0 Å². The summed E-state index contributed by atoms with van der Waals surface area (Å²) in [5.74, 6) is 3.46. The lowest BCUT2D eigenvalue weighted by Crippen LogP contribution is -1.88. The number of hydrogen-bond acceptors (Lipinski definition) is 0. The predicted octanol–water partition coefficient (Wildman–Crippen LogP) is 2.05. The lowest BCUT2D eigenvalue weighted by atomic mass is 10.1.